The number of anilines is 3. The average Bonchev–Trinajstić information content (AvgIpc) is 2.98. The summed E-state index contributed by atoms with van der Waals surface area (Å²) in [5, 5.41) is 1.98. The van der Waals surface area contributed by atoms with Crippen LogP contribution in [0.25, 0.3) is 11.3 Å². The van der Waals surface area contributed by atoms with Gasteiger partial charge in [0.15, 0.2) is 2.82 Å². The largest absolute Gasteiger partial charge is 0.324 e. The number of hydrogen-bond donors (Lipinski definition) is 2. The smallest absolute Gasteiger partial charge is 0.255 e. The summed E-state index contributed by atoms with van der Waals surface area (Å²) >= 11 is 0. The third-order valence-electron chi connectivity index (χ3n) is 6.45. The molecule has 2 aromatic carbocycles. The Morgan fingerprint density at radius 2 is 1.84 bits per heavy atom. The number of aryl methyl sites for hydroxylation is 1. The van der Waals surface area contributed by atoms with Gasteiger partial charge in [0.2, 0.25) is 5.95 Å². The Balaban J connectivity index is 1.31. The highest BCUT2D eigenvalue weighted by Crippen LogP contribution is 2.24. The normalized spacial score (nSPS) is 15.1. The van der Waals surface area contributed by atoms with E-state index >= 15 is 0 Å². The molecule has 0 aliphatic carbocycles. The maximum atomic E-state index is 13.2. The number of benzene rings is 2. The molecule has 1 amide bonds. The molecule has 1 aliphatic rings. The van der Waals surface area contributed by atoms with Crippen LogP contribution < -0.4 is 10.6 Å². The van der Waals surface area contributed by atoms with E-state index in [1.807, 2.05) is 31.2 Å². The van der Waals surface area contributed by atoms with Crippen molar-refractivity contribution in [2.45, 2.75) is 13.5 Å². The molecule has 0 radical (unpaired) electrons. The van der Waals surface area contributed by atoms with Gasteiger partial charge in [0.1, 0.15) is 0 Å². The van der Waals surface area contributed by atoms with Crippen molar-refractivity contribution in [2.24, 2.45) is 0 Å². The fourth-order valence-corrected chi connectivity index (χ4v) is 4.17. The van der Waals surface area contributed by atoms with E-state index in [2.05, 4.69) is 31.8 Å². The summed E-state index contributed by atoms with van der Waals surface area (Å²) < 4.78 is 17.3. The van der Waals surface area contributed by atoms with Gasteiger partial charge in [0.25, 0.3) is 5.91 Å². The minimum Gasteiger partial charge on any atom is -0.324 e. The highest BCUT2D eigenvalue weighted by molar-refractivity contribution is 6.04. The lowest BCUT2D eigenvalue weighted by molar-refractivity contribution is 0.102. The number of rotatable bonds is 7. The second-order valence-electron chi connectivity index (χ2n) is 9.26. The molecular formula is C29H31N7O. The highest BCUT2D eigenvalue weighted by Gasteiger charge is 2.14. The fraction of sp³-hybridized carbons (Fsp3) is 0.241. The van der Waals surface area contributed by atoms with Crippen molar-refractivity contribution in [1.82, 2.24) is 24.8 Å². The molecule has 0 saturated carbocycles. The van der Waals surface area contributed by atoms with Crippen molar-refractivity contribution in [2.75, 3.05) is 43.8 Å². The predicted molar refractivity (Wildman–Crippen MR) is 147 cm³/mol. The number of amides is 1. The standard InChI is InChI=1S/C29H31N7O/c1-21-5-10-25(18-27(21)34-29-31-13-11-26(33-29)24-4-3-12-30-19-24)32-28(37)23-8-6-22(7-9-23)20-36-16-14-35(2)15-17-36/h3-13,18-19H,14-17,20H2,1-2H3,(H,32,37)(H,31,33,34)/i/hD2. The van der Waals surface area contributed by atoms with Gasteiger partial charge in [-0.05, 0) is 67.6 Å². The van der Waals surface area contributed by atoms with Gasteiger partial charge in [0, 0.05) is 73.8 Å². The van der Waals surface area contributed by atoms with Gasteiger partial charge in [-0.2, -0.15) is 0 Å². The maximum absolute atomic E-state index is 13.2. The summed E-state index contributed by atoms with van der Waals surface area (Å²) in [6, 6.07) is 18.1. The Morgan fingerprint density at radius 3 is 2.59 bits per heavy atom. The second-order valence-corrected chi connectivity index (χ2v) is 9.26. The van der Waals surface area contributed by atoms with Crippen molar-refractivity contribution in [1.29, 1.82) is 0 Å². The van der Waals surface area contributed by atoms with Crippen molar-refractivity contribution in [3.63, 3.8) is 0 Å². The monoisotopic (exact) mass is 495 g/mol. The predicted octanol–water partition coefficient (Wildman–Crippen LogP) is 4.59. The van der Waals surface area contributed by atoms with Crippen LogP contribution in [0.4, 0.5) is 17.3 Å². The van der Waals surface area contributed by atoms with Gasteiger partial charge in [-0.25, -0.2) is 9.97 Å². The summed E-state index contributed by atoms with van der Waals surface area (Å²) in [7, 11) is 2.14. The topological polar surface area (TPSA) is 86.3 Å². The molecule has 8 heteroatoms. The van der Waals surface area contributed by atoms with E-state index in [0.717, 1.165) is 60.0 Å². The quantitative estimate of drug-likeness (QED) is 0.388. The van der Waals surface area contributed by atoms with E-state index in [1.54, 1.807) is 55.0 Å². The van der Waals surface area contributed by atoms with Crippen LogP contribution >= 0.6 is 0 Å². The summed E-state index contributed by atoms with van der Waals surface area (Å²) in [5.41, 5.74) is 4.66. The number of nitrogens with one attached hydrogen (secondary N) is 2. The minimum atomic E-state index is -0.442. The first kappa shape index (κ1) is 22.1. The fourth-order valence-electron chi connectivity index (χ4n) is 4.17. The molecule has 8 nitrogen and oxygen atoms in total. The van der Waals surface area contributed by atoms with E-state index in [4.69, 9.17) is 2.82 Å². The molecule has 0 atom stereocenters. The number of likely N-dealkylation sites (N-methyl/N-ethyl adjacent to an activating group) is 1. The SMILES string of the molecule is [2H]N(C(=O)c1ccc(CN2CCN(C)CC2)cc1)c1ccc(C)c(N([2H])c2nccc(-c3cccnc3)n2)c1. The van der Waals surface area contributed by atoms with Crippen molar-refractivity contribution in [3.05, 3.63) is 95.9 Å². The van der Waals surface area contributed by atoms with E-state index in [0.29, 0.717) is 22.6 Å². The second kappa shape index (κ2) is 11.3. The number of carbonyl (C=O) groups excluding carboxylic acids is 1. The first-order chi connectivity index (χ1) is 18.9. The van der Waals surface area contributed by atoms with Gasteiger partial charge >= 0.3 is 0 Å². The first-order valence-corrected chi connectivity index (χ1v) is 12.4. The van der Waals surface area contributed by atoms with Gasteiger partial charge in [-0.3, -0.25) is 14.7 Å². The van der Waals surface area contributed by atoms with E-state index in [1.165, 1.54) is 0 Å². The Labute approximate surface area is 220 Å². The molecular weight excluding hydrogens is 462 g/mol. The molecule has 2 N–H and O–H groups in total. The van der Waals surface area contributed by atoms with Crippen LogP contribution in [-0.4, -0.2) is 63.9 Å². The lowest BCUT2D eigenvalue weighted by atomic mass is 10.1. The van der Waals surface area contributed by atoms with Gasteiger partial charge in [0.05, 0.1) is 5.69 Å². The van der Waals surface area contributed by atoms with E-state index < -0.39 is 5.91 Å². The first-order valence-electron chi connectivity index (χ1n) is 13.2. The zero-order valence-electron chi connectivity index (χ0n) is 23.1. The van der Waals surface area contributed by atoms with Gasteiger partial charge in [-0.15, -0.1) is 0 Å². The van der Waals surface area contributed by atoms with Crippen LogP contribution in [0.1, 0.15) is 21.5 Å². The number of piperazine rings is 1. The van der Waals surface area contributed by atoms with Crippen LogP contribution in [0.3, 0.4) is 0 Å². The molecule has 1 fully saturated rings. The van der Waals surface area contributed by atoms with Crippen LogP contribution in [0, 0.1) is 6.92 Å². The summed E-state index contributed by atoms with van der Waals surface area (Å²) in [6.07, 6.45) is 4.99. The lowest BCUT2D eigenvalue weighted by Gasteiger charge is -2.32. The molecule has 0 spiro atoms. The van der Waals surface area contributed by atoms with E-state index in [-0.39, 0.29) is 5.95 Å². The lowest BCUT2D eigenvalue weighted by Crippen LogP contribution is -2.43. The Kier molecular flexibility index (Phi) is 6.73. The number of nitrogens with zero attached hydrogens (tertiary/aromatic N) is 5. The Hall–Kier alpha value is -4.14. The third-order valence-corrected chi connectivity index (χ3v) is 6.45. The highest BCUT2D eigenvalue weighted by atomic mass is 16.1. The molecule has 1 aliphatic heterocycles. The number of carbonyl (C=O) groups is 1. The molecule has 0 bridgehead atoms. The number of pyridine rings is 1. The number of aromatic nitrogens is 3. The Bertz CT molecular complexity index is 1430. The Morgan fingerprint density at radius 1 is 1.03 bits per heavy atom. The van der Waals surface area contributed by atoms with Crippen LogP contribution in [0.5, 0.6) is 0 Å². The minimum absolute atomic E-state index is 0.176. The van der Waals surface area contributed by atoms with Crippen molar-refractivity contribution in [3.8, 4) is 11.3 Å². The van der Waals surface area contributed by atoms with Gasteiger partial charge < -0.3 is 15.5 Å². The third kappa shape index (κ3) is 6.35. The van der Waals surface area contributed by atoms with Crippen LogP contribution in [0.15, 0.2) is 79.3 Å². The van der Waals surface area contributed by atoms with E-state index in [9.17, 15) is 4.79 Å². The number of hydrogen-bond acceptors (Lipinski definition) is 7. The molecule has 3 heterocycles. The van der Waals surface area contributed by atoms with Crippen LogP contribution in [0.2, 0.25) is 2.82 Å². The maximum Gasteiger partial charge on any atom is 0.255 e. The van der Waals surface area contributed by atoms with Crippen LogP contribution in [-0.2, 0) is 6.54 Å². The molecule has 4 aromatic rings. The molecule has 37 heavy (non-hydrogen) atoms. The van der Waals surface area contributed by atoms with Crippen molar-refractivity contribution >= 4 is 23.2 Å². The summed E-state index contributed by atoms with van der Waals surface area (Å²) in [5.74, 6) is -0.266. The van der Waals surface area contributed by atoms with Crippen molar-refractivity contribution < 1.29 is 7.62 Å². The summed E-state index contributed by atoms with van der Waals surface area (Å²) in [4.78, 5) is 30.8. The molecule has 5 rings (SSSR count). The molecule has 188 valence electrons. The zero-order chi connectivity index (χ0) is 27.4. The molecule has 1 saturated heterocycles. The average molecular weight is 496 g/mol. The molecule has 0 unspecified atom stereocenters. The summed E-state index contributed by atoms with van der Waals surface area (Å²) in [6.45, 7) is 6.87. The zero-order valence-corrected chi connectivity index (χ0v) is 21.1. The van der Waals surface area contributed by atoms with Gasteiger partial charge in [-0.1, -0.05) is 18.2 Å². The molecule has 2 aromatic heterocycles.